The highest BCUT2D eigenvalue weighted by molar-refractivity contribution is 5.79. The molecule has 2 saturated carbocycles. The molecule has 32 heavy (non-hydrogen) atoms. The number of fused-ring (bicyclic) bond motifs is 5. The average Bonchev–Trinajstić information content (AvgIpc) is 3.09. The van der Waals surface area contributed by atoms with Crippen LogP contribution < -0.4 is 0 Å². The Morgan fingerprint density at radius 1 is 1.06 bits per heavy atom. The molecule has 0 aromatic rings. The van der Waals surface area contributed by atoms with E-state index in [1.165, 1.54) is 63.5 Å². The van der Waals surface area contributed by atoms with Gasteiger partial charge in [0.05, 0.1) is 0 Å². The number of hydrogen-bond acceptors (Lipinski definition) is 1. The van der Waals surface area contributed by atoms with Crippen LogP contribution in [-0.2, 0) is 4.79 Å². The molecule has 8 atom stereocenters. The lowest BCUT2D eigenvalue weighted by Gasteiger charge is -2.61. The number of allylic oxidation sites excluding steroid dienone is 2. The predicted molar refractivity (Wildman–Crippen MR) is 135 cm³/mol. The summed E-state index contributed by atoms with van der Waals surface area (Å²) < 4.78 is 0. The highest BCUT2D eigenvalue weighted by Crippen LogP contribution is 2.68. The van der Waals surface area contributed by atoms with E-state index in [0.29, 0.717) is 17.2 Å². The van der Waals surface area contributed by atoms with Crippen molar-refractivity contribution in [1.82, 2.24) is 4.90 Å². The molecular weight excluding hydrogens is 390 g/mol. The van der Waals surface area contributed by atoms with Crippen LogP contribution in [0.1, 0.15) is 112 Å². The van der Waals surface area contributed by atoms with E-state index in [4.69, 9.17) is 0 Å². The molecule has 0 aromatic heterocycles. The van der Waals surface area contributed by atoms with E-state index in [0.717, 1.165) is 48.3 Å². The first-order chi connectivity index (χ1) is 15.1. The third kappa shape index (κ3) is 3.90. The maximum absolute atomic E-state index is 12.6. The molecule has 182 valence electrons. The molecule has 1 aliphatic heterocycles. The minimum absolute atomic E-state index is 0.208. The molecule has 4 rings (SSSR count). The fourth-order valence-electron chi connectivity index (χ4n) is 9.34. The van der Waals surface area contributed by atoms with Gasteiger partial charge in [-0.3, -0.25) is 4.79 Å². The largest absolute Gasteiger partial charge is 0.319 e. The summed E-state index contributed by atoms with van der Waals surface area (Å²) in [6.45, 7) is 14.9. The van der Waals surface area contributed by atoms with Crippen LogP contribution in [0.3, 0.4) is 0 Å². The van der Waals surface area contributed by atoms with Crippen molar-refractivity contribution in [2.75, 3.05) is 7.05 Å². The monoisotopic (exact) mass is 441 g/mol. The second-order valence-corrected chi connectivity index (χ2v) is 13.2. The van der Waals surface area contributed by atoms with Crippen molar-refractivity contribution in [3.63, 3.8) is 0 Å². The molecule has 2 heteroatoms. The molecule has 1 saturated heterocycles. The van der Waals surface area contributed by atoms with Gasteiger partial charge in [-0.25, -0.2) is 0 Å². The van der Waals surface area contributed by atoms with Crippen molar-refractivity contribution < 1.29 is 4.79 Å². The number of rotatable bonds is 7. The summed E-state index contributed by atoms with van der Waals surface area (Å²) in [6, 6.07) is 0. The van der Waals surface area contributed by atoms with Crippen molar-refractivity contribution >= 4 is 5.91 Å². The number of piperidine rings is 1. The first kappa shape index (κ1) is 24.3. The fourth-order valence-corrected chi connectivity index (χ4v) is 9.34. The van der Waals surface area contributed by atoms with Crippen LogP contribution in [0, 0.1) is 52.3 Å². The van der Waals surface area contributed by atoms with Gasteiger partial charge in [0.2, 0.25) is 5.91 Å². The Hall–Kier alpha value is -0.790. The molecule has 4 aliphatic rings. The highest BCUT2D eigenvalue weighted by atomic mass is 16.2. The lowest BCUT2D eigenvalue weighted by Crippen LogP contribution is -2.56. The Balaban J connectivity index is 1.61. The Kier molecular flexibility index (Phi) is 6.92. The maximum atomic E-state index is 12.6. The maximum Gasteiger partial charge on any atom is 0.226 e. The first-order valence-corrected chi connectivity index (χ1v) is 14.1. The molecule has 2 nitrogen and oxygen atoms in total. The van der Waals surface area contributed by atoms with E-state index < -0.39 is 0 Å². The van der Waals surface area contributed by atoms with E-state index in [-0.39, 0.29) is 5.41 Å². The highest BCUT2D eigenvalue weighted by Gasteiger charge is 2.61. The summed E-state index contributed by atoms with van der Waals surface area (Å²) in [6.07, 6.45) is 16.9. The van der Waals surface area contributed by atoms with Crippen molar-refractivity contribution in [3.05, 3.63) is 11.8 Å². The van der Waals surface area contributed by atoms with E-state index in [1.54, 1.807) is 0 Å². The zero-order chi connectivity index (χ0) is 23.3. The zero-order valence-electron chi connectivity index (χ0n) is 22.3. The number of amides is 1. The quantitative estimate of drug-likeness (QED) is 0.391. The standard InChI is InChI=1S/C30H51NO/c1-8-10-22-19-26-30(6,18-16-27(32)31(26)7)25-15-17-29(5)23(13-14-24(29)28(22)25)21(4)12-9-11-20(2)3/h19-25,28H,8-18H2,1-7H3/t21?,22-,23?,24?,25?,28?,29+,30+/m0/s1. The zero-order valence-corrected chi connectivity index (χ0v) is 22.3. The second kappa shape index (κ2) is 9.10. The Bertz CT molecular complexity index is 724. The molecule has 3 fully saturated rings. The van der Waals surface area contributed by atoms with Crippen molar-refractivity contribution in [1.29, 1.82) is 0 Å². The van der Waals surface area contributed by atoms with Crippen LogP contribution >= 0.6 is 0 Å². The van der Waals surface area contributed by atoms with Crippen LogP contribution in [0.4, 0.5) is 0 Å². The van der Waals surface area contributed by atoms with Gasteiger partial charge in [0, 0.05) is 24.6 Å². The predicted octanol–water partition coefficient (Wildman–Crippen LogP) is 8.08. The summed E-state index contributed by atoms with van der Waals surface area (Å²) in [5, 5.41) is 0. The third-order valence-electron chi connectivity index (χ3n) is 11.0. The molecule has 3 aliphatic carbocycles. The van der Waals surface area contributed by atoms with Gasteiger partial charge in [-0.05, 0) is 85.4 Å². The van der Waals surface area contributed by atoms with Crippen molar-refractivity contribution in [3.8, 4) is 0 Å². The molecule has 1 amide bonds. The fraction of sp³-hybridized carbons (Fsp3) is 0.900. The van der Waals surface area contributed by atoms with Gasteiger partial charge in [0.15, 0.2) is 0 Å². The lowest BCUT2D eigenvalue weighted by molar-refractivity contribution is -0.137. The van der Waals surface area contributed by atoms with Crippen LogP contribution in [0.25, 0.3) is 0 Å². The third-order valence-corrected chi connectivity index (χ3v) is 11.0. The summed E-state index contributed by atoms with van der Waals surface area (Å²) in [5.74, 6) is 6.10. The topological polar surface area (TPSA) is 20.3 Å². The lowest BCUT2D eigenvalue weighted by atomic mass is 9.46. The van der Waals surface area contributed by atoms with Crippen LogP contribution in [0.5, 0.6) is 0 Å². The van der Waals surface area contributed by atoms with Gasteiger partial charge in [-0.15, -0.1) is 0 Å². The summed E-state index contributed by atoms with van der Waals surface area (Å²) in [5.41, 5.74) is 2.12. The number of nitrogens with zero attached hydrogens (tertiary/aromatic N) is 1. The molecule has 0 bridgehead atoms. The van der Waals surface area contributed by atoms with E-state index in [2.05, 4.69) is 47.6 Å². The molecule has 0 radical (unpaired) electrons. The molecular formula is C30H51NO. The number of likely N-dealkylation sites (tertiary alicyclic amines) is 1. The molecule has 5 unspecified atom stereocenters. The second-order valence-electron chi connectivity index (χ2n) is 13.2. The summed E-state index contributed by atoms with van der Waals surface area (Å²) in [4.78, 5) is 14.6. The first-order valence-electron chi connectivity index (χ1n) is 14.1. The SMILES string of the molecule is CCC[C@H]1C=C2N(C)C(=O)CC[C@]2(C)C2CC[C@]3(C)C(C(C)CCCC(C)C)CCC3C21. The Labute approximate surface area is 199 Å². The Morgan fingerprint density at radius 2 is 1.81 bits per heavy atom. The van der Waals surface area contributed by atoms with E-state index >= 15 is 0 Å². The molecule has 0 N–H and O–H groups in total. The number of carbonyl (C=O) groups excluding carboxylic acids is 1. The minimum Gasteiger partial charge on any atom is -0.319 e. The molecule has 0 aromatic carbocycles. The smallest absolute Gasteiger partial charge is 0.226 e. The van der Waals surface area contributed by atoms with Crippen LogP contribution in [0.15, 0.2) is 11.8 Å². The van der Waals surface area contributed by atoms with Gasteiger partial charge in [-0.1, -0.05) is 73.3 Å². The van der Waals surface area contributed by atoms with E-state index in [1.807, 2.05) is 11.9 Å². The van der Waals surface area contributed by atoms with Gasteiger partial charge < -0.3 is 4.90 Å². The van der Waals surface area contributed by atoms with Gasteiger partial charge in [0.25, 0.3) is 0 Å². The van der Waals surface area contributed by atoms with Crippen LogP contribution in [0.2, 0.25) is 0 Å². The number of hydrogen-bond donors (Lipinski definition) is 0. The van der Waals surface area contributed by atoms with Gasteiger partial charge in [0.1, 0.15) is 0 Å². The Morgan fingerprint density at radius 3 is 2.50 bits per heavy atom. The molecule has 0 spiro atoms. The minimum atomic E-state index is 0.208. The average molecular weight is 442 g/mol. The van der Waals surface area contributed by atoms with Crippen molar-refractivity contribution in [2.24, 2.45) is 52.3 Å². The van der Waals surface area contributed by atoms with Gasteiger partial charge in [-0.2, -0.15) is 0 Å². The normalized spacial score (nSPS) is 42.4. The summed E-state index contributed by atoms with van der Waals surface area (Å²) in [7, 11) is 2.05. The molecule has 1 heterocycles. The number of carbonyl (C=O) groups is 1. The van der Waals surface area contributed by atoms with Gasteiger partial charge >= 0.3 is 0 Å². The van der Waals surface area contributed by atoms with E-state index in [9.17, 15) is 4.79 Å². The van der Waals surface area contributed by atoms with Crippen molar-refractivity contribution in [2.45, 2.75) is 112 Å². The summed E-state index contributed by atoms with van der Waals surface area (Å²) >= 11 is 0. The van der Waals surface area contributed by atoms with Crippen LogP contribution in [-0.4, -0.2) is 17.9 Å².